The topological polar surface area (TPSA) is 77.4 Å². The zero-order valence-corrected chi connectivity index (χ0v) is 19.3. The zero-order valence-electron chi connectivity index (χ0n) is 19.3. The molecule has 7 heteroatoms. The third-order valence-corrected chi connectivity index (χ3v) is 5.80. The van der Waals surface area contributed by atoms with Gasteiger partial charge in [-0.25, -0.2) is 4.79 Å². The Balaban J connectivity index is 1.68. The van der Waals surface area contributed by atoms with Crippen LogP contribution in [-0.2, 0) is 4.74 Å². The van der Waals surface area contributed by atoms with Crippen molar-refractivity contribution in [3.05, 3.63) is 59.2 Å². The summed E-state index contributed by atoms with van der Waals surface area (Å²) >= 11 is 0. The van der Waals surface area contributed by atoms with Crippen molar-refractivity contribution in [1.29, 1.82) is 0 Å². The van der Waals surface area contributed by atoms with E-state index in [0.717, 1.165) is 44.2 Å². The molecule has 2 aromatic rings. The van der Waals surface area contributed by atoms with E-state index in [2.05, 4.69) is 47.2 Å². The largest absolute Gasteiger partial charge is 0.478 e. The van der Waals surface area contributed by atoms with Crippen LogP contribution >= 0.6 is 0 Å². The van der Waals surface area contributed by atoms with Gasteiger partial charge < -0.3 is 25.0 Å². The van der Waals surface area contributed by atoms with Crippen LogP contribution in [0.15, 0.2) is 47.5 Å². The van der Waals surface area contributed by atoms with Crippen molar-refractivity contribution in [2.75, 3.05) is 56.2 Å². The highest BCUT2D eigenvalue weighted by Gasteiger charge is 2.21. The number of carboxylic acids is 1. The molecule has 0 atom stereocenters. The van der Waals surface area contributed by atoms with Crippen molar-refractivity contribution in [3.63, 3.8) is 0 Å². The fourth-order valence-electron chi connectivity index (χ4n) is 3.78. The Morgan fingerprint density at radius 2 is 1.81 bits per heavy atom. The Hall–Kier alpha value is -3.06. The van der Waals surface area contributed by atoms with Gasteiger partial charge in [-0.05, 0) is 68.7 Å². The molecule has 0 spiro atoms. The highest BCUT2D eigenvalue weighted by atomic mass is 16.5. The van der Waals surface area contributed by atoms with E-state index in [4.69, 9.17) is 14.8 Å². The van der Waals surface area contributed by atoms with Crippen molar-refractivity contribution in [1.82, 2.24) is 4.90 Å². The summed E-state index contributed by atoms with van der Waals surface area (Å²) < 4.78 is 5.43. The molecule has 1 heterocycles. The quantitative estimate of drug-likeness (QED) is 0.368. The van der Waals surface area contributed by atoms with Gasteiger partial charge in [0, 0.05) is 57.3 Å². The number of ether oxygens (including phenoxy) is 1. The monoisotopic (exact) mass is 438 g/mol. The first-order chi connectivity index (χ1) is 15.5. The Kier molecular flexibility index (Phi) is 8.50. The third kappa shape index (κ3) is 6.23. The Labute approximate surface area is 190 Å². The molecule has 0 saturated carbocycles. The summed E-state index contributed by atoms with van der Waals surface area (Å²) in [4.78, 5) is 20.7. The number of nitrogens with one attached hydrogen (secondary N) is 1. The minimum atomic E-state index is -0.927. The van der Waals surface area contributed by atoms with Gasteiger partial charge in [-0.15, -0.1) is 0 Å². The number of carbonyl (C=O) groups is 1. The second-order valence-electron chi connectivity index (χ2n) is 7.96. The average Bonchev–Trinajstić information content (AvgIpc) is 2.80. The summed E-state index contributed by atoms with van der Waals surface area (Å²) in [5, 5.41) is 12.5. The number of rotatable bonds is 8. The Morgan fingerprint density at radius 3 is 2.47 bits per heavy atom. The van der Waals surface area contributed by atoms with Gasteiger partial charge in [0.25, 0.3) is 0 Å². The van der Waals surface area contributed by atoms with E-state index < -0.39 is 5.97 Å². The molecule has 1 aliphatic heterocycles. The molecule has 3 rings (SSSR count). The third-order valence-electron chi connectivity index (χ3n) is 5.80. The van der Waals surface area contributed by atoms with Crippen LogP contribution in [0.3, 0.4) is 0 Å². The van der Waals surface area contributed by atoms with Crippen molar-refractivity contribution < 1.29 is 14.6 Å². The smallest absolute Gasteiger partial charge is 0.335 e. The number of aromatic carboxylic acids is 1. The normalized spacial score (nSPS) is 14.5. The van der Waals surface area contributed by atoms with E-state index in [-0.39, 0.29) is 5.56 Å². The molecule has 2 aromatic carbocycles. The lowest BCUT2D eigenvalue weighted by molar-refractivity contribution is 0.0697. The summed E-state index contributed by atoms with van der Waals surface area (Å²) in [6, 6.07) is 13.3. The maximum Gasteiger partial charge on any atom is 0.335 e. The molecule has 1 aliphatic rings. The first-order valence-electron chi connectivity index (χ1n) is 11.3. The van der Waals surface area contributed by atoms with Crippen molar-refractivity contribution in [2.24, 2.45) is 4.99 Å². The van der Waals surface area contributed by atoms with Gasteiger partial charge in [-0.2, -0.15) is 0 Å². The summed E-state index contributed by atoms with van der Waals surface area (Å²) in [7, 11) is 0. The lowest BCUT2D eigenvalue weighted by Crippen LogP contribution is -2.51. The fourth-order valence-corrected chi connectivity index (χ4v) is 3.78. The molecule has 0 amide bonds. The van der Waals surface area contributed by atoms with Crippen LogP contribution in [-0.4, -0.2) is 67.9 Å². The summed E-state index contributed by atoms with van der Waals surface area (Å²) in [6.45, 7) is 12.0. The van der Waals surface area contributed by atoms with Gasteiger partial charge in [0.2, 0.25) is 0 Å². The van der Waals surface area contributed by atoms with E-state index in [1.165, 1.54) is 16.8 Å². The van der Waals surface area contributed by atoms with E-state index in [0.29, 0.717) is 19.8 Å². The molecular formula is C25H34N4O3. The van der Waals surface area contributed by atoms with E-state index >= 15 is 0 Å². The van der Waals surface area contributed by atoms with Crippen molar-refractivity contribution in [3.8, 4) is 0 Å². The number of hydrogen-bond donors (Lipinski definition) is 2. The highest BCUT2D eigenvalue weighted by molar-refractivity contribution is 5.95. The van der Waals surface area contributed by atoms with Gasteiger partial charge >= 0.3 is 5.97 Å². The van der Waals surface area contributed by atoms with Gasteiger partial charge in [-0.1, -0.05) is 12.1 Å². The number of guanidine groups is 1. The minimum Gasteiger partial charge on any atom is -0.478 e. The molecule has 0 aliphatic carbocycles. The molecule has 2 N–H and O–H groups in total. The number of aliphatic imine (C=N–C) groups is 1. The first-order valence-corrected chi connectivity index (χ1v) is 11.3. The minimum absolute atomic E-state index is 0.271. The standard InChI is InChI=1S/C25H34N4O3/c1-4-32-18-6-13-26-25(27-22-11-9-21(10-12-22)24(30)31)29-16-14-28(15-17-29)23-8-5-7-19(2)20(23)3/h5,7-12H,4,6,13-18H2,1-3H3,(H,26,27)(H,30,31). The molecule has 0 aromatic heterocycles. The summed E-state index contributed by atoms with van der Waals surface area (Å²) in [5.74, 6) is -0.103. The lowest BCUT2D eigenvalue weighted by atomic mass is 10.1. The highest BCUT2D eigenvalue weighted by Crippen LogP contribution is 2.24. The van der Waals surface area contributed by atoms with Crippen molar-refractivity contribution >= 4 is 23.3 Å². The zero-order chi connectivity index (χ0) is 22.9. The molecule has 0 radical (unpaired) electrons. The number of benzene rings is 2. The van der Waals surface area contributed by atoms with Crippen LogP contribution in [0.5, 0.6) is 0 Å². The maximum atomic E-state index is 11.1. The molecule has 1 saturated heterocycles. The molecule has 7 nitrogen and oxygen atoms in total. The maximum absolute atomic E-state index is 11.1. The van der Waals surface area contributed by atoms with Crippen LogP contribution in [0.25, 0.3) is 0 Å². The molecule has 0 bridgehead atoms. The SMILES string of the molecule is CCOCCCN=C(Nc1ccc(C(=O)O)cc1)N1CCN(c2cccc(C)c2C)CC1. The predicted octanol–water partition coefficient (Wildman–Crippen LogP) is 4.02. The summed E-state index contributed by atoms with van der Waals surface area (Å²) in [6.07, 6.45) is 0.861. The van der Waals surface area contributed by atoms with Gasteiger partial charge in [-0.3, -0.25) is 4.99 Å². The molecule has 172 valence electrons. The van der Waals surface area contributed by atoms with Crippen molar-refractivity contribution in [2.45, 2.75) is 27.2 Å². The van der Waals surface area contributed by atoms with Gasteiger partial charge in [0.1, 0.15) is 0 Å². The second kappa shape index (κ2) is 11.5. The molecule has 1 fully saturated rings. The first kappa shape index (κ1) is 23.6. The number of anilines is 2. The second-order valence-corrected chi connectivity index (χ2v) is 7.96. The van der Waals surface area contributed by atoms with E-state index in [9.17, 15) is 4.79 Å². The Bertz CT molecular complexity index is 919. The number of piperazine rings is 1. The van der Waals surface area contributed by atoms with E-state index in [1.807, 2.05) is 6.92 Å². The van der Waals surface area contributed by atoms with Crippen LogP contribution in [0.4, 0.5) is 11.4 Å². The van der Waals surface area contributed by atoms with Crippen LogP contribution in [0.2, 0.25) is 0 Å². The van der Waals surface area contributed by atoms with Crippen LogP contribution in [0, 0.1) is 13.8 Å². The number of aryl methyl sites for hydroxylation is 1. The Morgan fingerprint density at radius 1 is 1.09 bits per heavy atom. The lowest BCUT2D eigenvalue weighted by Gasteiger charge is -2.38. The van der Waals surface area contributed by atoms with Crippen LogP contribution in [0.1, 0.15) is 34.8 Å². The average molecular weight is 439 g/mol. The molecule has 0 unspecified atom stereocenters. The van der Waals surface area contributed by atoms with Gasteiger partial charge in [0.05, 0.1) is 5.56 Å². The number of nitrogens with zero attached hydrogens (tertiary/aromatic N) is 3. The van der Waals surface area contributed by atoms with E-state index in [1.54, 1.807) is 24.3 Å². The summed E-state index contributed by atoms with van der Waals surface area (Å²) in [5.41, 5.74) is 5.05. The molecule has 32 heavy (non-hydrogen) atoms. The number of carboxylic acid groups (broad SMARTS) is 1. The number of hydrogen-bond acceptors (Lipinski definition) is 4. The fraction of sp³-hybridized carbons (Fsp3) is 0.440. The molecular weight excluding hydrogens is 404 g/mol. The van der Waals surface area contributed by atoms with Crippen LogP contribution < -0.4 is 10.2 Å². The van der Waals surface area contributed by atoms with Gasteiger partial charge in [0.15, 0.2) is 5.96 Å². The predicted molar refractivity (Wildman–Crippen MR) is 130 cm³/mol.